The summed E-state index contributed by atoms with van der Waals surface area (Å²) in [7, 11) is 0. The second kappa shape index (κ2) is 7.58. The Labute approximate surface area is 111 Å². The molecule has 1 amide bonds. The molecule has 1 rings (SSSR count). The van der Waals surface area contributed by atoms with E-state index in [1.165, 1.54) is 11.8 Å². The second-order valence-corrected chi connectivity index (χ2v) is 5.22. The molecule has 17 heavy (non-hydrogen) atoms. The van der Waals surface area contributed by atoms with Gasteiger partial charge in [-0.15, -0.1) is 11.8 Å². The summed E-state index contributed by atoms with van der Waals surface area (Å²) in [6.45, 7) is 2.21. The minimum Gasteiger partial charge on any atom is -0.393 e. The maximum absolute atomic E-state index is 11.4. The normalized spacial score (nSPS) is 12.2. The maximum Gasteiger partial charge on any atom is 0.230 e. The van der Waals surface area contributed by atoms with E-state index in [2.05, 4.69) is 5.32 Å². The Morgan fingerprint density at radius 1 is 1.47 bits per heavy atom. The predicted molar refractivity (Wildman–Crippen MR) is 71.5 cm³/mol. The third-order valence-corrected chi connectivity index (χ3v) is 3.33. The van der Waals surface area contributed by atoms with Crippen molar-refractivity contribution >= 4 is 29.3 Å². The largest absolute Gasteiger partial charge is 0.393 e. The van der Waals surface area contributed by atoms with Crippen LogP contribution in [0.3, 0.4) is 0 Å². The van der Waals surface area contributed by atoms with Gasteiger partial charge in [-0.25, -0.2) is 0 Å². The van der Waals surface area contributed by atoms with E-state index in [0.717, 1.165) is 4.90 Å². The number of aliphatic hydroxyl groups excluding tert-OH is 1. The van der Waals surface area contributed by atoms with Gasteiger partial charge in [0, 0.05) is 16.5 Å². The van der Waals surface area contributed by atoms with Crippen LogP contribution in [0.2, 0.25) is 5.02 Å². The fraction of sp³-hybridized carbons (Fsp3) is 0.417. The zero-order valence-electron chi connectivity index (χ0n) is 9.65. The molecule has 1 aromatic carbocycles. The molecule has 0 fully saturated rings. The molecule has 0 bridgehead atoms. The minimum atomic E-state index is -0.376. The highest BCUT2D eigenvalue weighted by Crippen LogP contribution is 2.19. The molecule has 0 heterocycles. The van der Waals surface area contributed by atoms with E-state index in [1.54, 1.807) is 19.1 Å². The smallest absolute Gasteiger partial charge is 0.230 e. The van der Waals surface area contributed by atoms with Crippen LogP contribution in [0.1, 0.15) is 13.3 Å². The number of hydrogen-bond acceptors (Lipinski definition) is 3. The first-order chi connectivity index (χ1) is 8.08. The summed E-state index contributed by atoms with van der Waals surface area (Å²) in [5, 5.41) is 12.5. The van der Waals surface area contributed by atoms with Crippen molar-refractivity contribution in [2.75, 3.05) is 12.3 Å². The predicted octanol–water partition coefficient (Wildman–Crippen LogP) is 2.32. The molecular formula is C12H16ClNO2S. The molecule has 2 N–H and O–H groups in total. The summed E-state index contributed by atoms with van der Waals surface area (Å²) in [5.41, 5.74) is 0. The Kier molecular flexibility index (Phi) is 6.40. The van der Waals surface area contributed by atoms with Gasteiger partial charge in [-0.3, -0.25) is 4.79 Å². The number of hydrogen-bond donors (Lipinski definition) is 2. The Morgan fingerprint density at radius 2 is 2.12 bits per heavy atom. The molecule has 3 nitrogen and oxygen atoms in total. The molecule has 0 aliphatic rings. The van der Waals surface area contributed by atoms with Gasteiger partial charge in [0.15, 0.2) is 0 Å². The van der Waals surface area contributed by atoms with Crippen LogP contribution in [-0.4, -0.2) is 29.4 Å². The molecule has 5 heteroatoms. The minimum absolute atomic E-state index is 0.0226. The average Bonchev–Trinajstić information content (AvgIpc) is 2.28. The van der Waals surface area contributed by atoms with Crippen molar-refractivity contribution in [3.05, 3.63) is 29.3 Å². The van der Waals surface area contributed by atoms with Crippen LogP contribution in [0.25, 0.3) is 0 Å². The first-order valence-electron chi connectivity index (χ1n) is 5.41. The van der Waals surface area contributed by atoms with Crippen LogP contribution in [-0.2, 0) is 4.79 Å². The summed E-state index contributed by atoms with van der Waals surface area (Å²) in [5.74, 6) is 0.354. The Balaban J connectivity index is 2.21. The molecule has 0 aliphatic heterocycles. The van der Waals surface area contributed by atoms with Gasteiger partial charge in [-0.2, -0.15) is 0 Å². The van der Waals surface area contributed by atoms with E-state index < -0.39 is 0 Å². The Hall–Kier alpha value is -0.710. The molecule has 1 aromatic rings. The van der Waals surface area contributed by atoms with Crippen LogP contribution in [0.5, 0.6) is 0 Å². The lowest BCUT2D eigenvalue weighted by Crippen LogP contribution is -2.27. The number of rotatable bonds is 6. The molecule has 0 radical (unpaired) electrons. The van der Waals surface area contributed by atoms with Gasteiger partial charge in [0.05, 0.1) is 11.9 Å². The number of nitrogens with one attached hydrogen (secondary N) is 1. The zero-order valence-corrected chi connectivity index (χ0v) is 11.2. The van der Waals surface area contributed by atoms with Crippen molar-refractivity contribution in [3.8, 4) is 0 Å². The highest BCUT2D eigenvalue weighted by molar-refractivity contribution is 8.00. The van der Waals surface area contributed by atoms with Gasteiger partial charge in [-0.05, 0) is 37.6 Å². The topological polar surface area (TPSA) is 49.3 Å². The van der Waals surface area contributed by atoms with Crippen LogP contribution in [0.4, 0.5) is 0 Å². The summed E-state index contributed by atoms with van der Waals surface area (Å²) < 4.78 is 0. The van der Waals surface area contributed by atoms with Crippen LogP contribution >= 0.6 is 23.4 Å². The van der Waals surface area contributed by atoms with Crippen LogP contribution < -0.4 is 5.32 Å². The van der Waals surface area contributed by atoms with E-state index in [4.69, 9.17) is 16.7 Å². The van der Waals surface area contributed by atoms with Crippen molar-refractivity contribution in [2.24, 2.45) is 0 Å². The van der Waals surface area contributed by atoms with Gasteiger partial charge in [0.2, 0.25) is 5.91 Å². The monoisotopic (exact) mass is 273 g/mol. The highest BCUT2D eigenvalue weighted by atomic mass is 35.5. The summed E-state index contributed by atoms with van der Waals surface area (Å²) in [6, 6.07) is 7.37. The van der Waals surface area contributed by atoms with Crippen molar-refractivity contribution < 1.29 is 9.90 Å². The molecule has 0 saturated heterocycles. The molecule has 1 atom stereocenters. The summed E-state index contributed by atoms with van der Waals surface area (Å²) in [6.07, 6.45) is 0.205. The van der Waals surface area contributed by atoms with Crippen LogP contribution in [0.15, 0.2) is 29.2 Å². The fourth-order valence-corrected chi connectivity index (χ4v) is 2.01. The number of carbonyl (C=O) groups is 1. The fourth-order valence-electron chi connectivity index (χ4n) is 1.15. The molecule has 94 valence electrons. The van der Waals surface area contributed by atoms with Crippen molar-refractivity contribution in [1.29, 1.82) is 0 Å². The number of thioether (sulfide) groups is 1. The Morgan fingerprint density at radius 3 is 2.71 bits per heavy atom. The van der Waals surface area contributed by atoms with Crippen LogP contribution in [0, 0.1) is 0 Å². The van der Waals surface area contributed by atoms with Crippen molar-refractivity contribution in [3.63, 3.8) is 0 Å². The van der Waals surface area contributed by atoms with E-state index in [9.17, 15) is 4.79 Å². The van der Waals surface area contributed by atoms with Gasteiger partial charge >= 0.3 is 0 Å². The lowest BCUT2D eigenvalue weighted by Gasteiger charge is -2.06. The Bertz CT molecular complexity index is 354. The van der Waals surface area contributed by atoms with Gasteiger partial charge in [-0.1, -0.05) is 11.6 Å². The van der Waals surface area contributed by atoms with Gasteiger partial charge in [0.25, 0.3) is 0 Å². The van der Waals surface area contributed by atoms with Gasteiger partial charge < -0.3 is 10.4 Å². The highest BCUT2D eigenvalue weighted by Gasteiger charge is 2.03. The summed E-state index contributed by atoms with van der Waals surface area (Å²) in [4.78, 5) is 12.4. The summed E-state index contributed by atoms with van der Waals surface area (Å²) >= 11 is 7.22. The van der Waals surface area contributed by atoms with E-state index in [-0.39, 0.29) is 12.0 Å². The van der Waals surface area contributed by atoms with E-state index >= 15 is 0 Å². The third-order valence-electron chi connectivity index (χ3n) is 2.07. The average molecular weight is 274 g/mol. The molecule has 0 saturated carbocycles. The number of halogens is 1. The maximum atomic E-state index is 11.4. The first kappa shape index (κ1) is 14.4. The second-order valence-electron chi connectivity index (χ2n) is 3.73. The third kappa shape index (κ3) is 6.56. The lowest BCUT2D eigenvalue weighted by atomic mass is 10.3. The standard InChI is InChI=1S/C12H16ClNO2S/c1-9(15)6-7-14-12(16)8-17-11-4-2-10(13)3-5-11/h2-5,9,15H,6-8H2,1H3,(H,14,16). The molecule has 0 spiro atoms. The molecule has 0 aromatic heterocycles. The van der Waals surface area contributed by atoms with Crippen molar-refractivity contribution in [2.45, 2.75) is 24.3 Å². The van der Waals surface area contributed by atoms with Crippen molar-refractivity contribution in [1.82, 2.24) is 5.32 Å². The van der Waals surface area contributed by atoms with E-state index in [1.807, 2.05) is 12.1 Å². The molecule has 1 unspecified atom stereocenters. The number of amides is 1. The lowest BCUT2D eigenvalue weighted by molar-refractivity contribution is -0.118. The number of benzene rings is 1. The SMILES string of the molecule is CC(O)CCNC(=O)CSc1ccc(Cl)cc1. The number of aliphatic hydroxyl groups is 1. The first-order valence-corrected chi connectivity index (χ1v) is 6.77. The molecule has 0 aliphatic carbocycles. The number of carbonyl (C=O) groups excluding carboxylic acids is 1. The zero-order chi connectivity index (χ0) is 12.7. The van der Waals surface area contributed by atoms with E-state index in [0.29, 0.717) is 23.7 Å². The van der Waals surface area contributed by atoms with Gasteiger partial charge in [0.1, 0.15) is 0 Å². The molecular weight excluding hydrogens is 258 g/mol. The quantitative estimate of drug-likeness (QED) is 0.782.